The minimum atomic E-state index is -3.52. The number of hydrogen-bond donors (Lipinski definition) is 2. The van der Waals surface area contributed by atoms with E-state index in [0.29, 0.717) is 12.1 Å². The molecule has 1 atom stereocenters. The van der Waals surface area contributed by atoms with Gasteiger partial charge in [-0.05, 0) is 30.2 Å². The summed E-state index contributed by atoms with van der Waals surface area (Å²) in [5.41, 5.74) is 1.52. The Bertz CT molecular complexity index is 722. The Morgan fingerprint density at radius 2 is 1.73 bits per heavy atom. The zero-order chi connectivity index (χ0) is 16.2. The maximum atomic E-state index is 12.0. The number of sulfonamides is 1. The molecular formula is C15H19N3O3S. The monoisotopic (exact) mass is 321 g/mol. The number of carbonyl (C=O) groups excluding carboxylic acids is 1. The molecule has 0 aliphatic rings. The van der Waals surface area contributed by atoms with Crippen LogP contribution in [0.5, 0.6) is 0 Å². The first-order chi connectivity index (χ1) is 10.3. The van der Waals surface area contributed by atoms with Crippen molar-refractivity contribution < 1.29 is 13.2 Å². The Balaban J connectivity index is 1.90. The number of nitrogens with one attached hydrogen (secondary N) is 1. The van der Waals surface area contributed by atoms with Crippen LogP contribution in [0.25, 0.3) is 0 Å². The number of benzene rings is 1. The number of nitrogens with two attached hydrogens (primary N) is 1. The number of hydrogen-bond acceptors (Lipinski definition) is 3. The van der Waals surface area contributed by atoms with E-state index in [-0.39, 0.29) is 17.7 Å². The number of primary sulfonamides is 1. The molecule has 2 rings (SSSR count). The van der Waals surface area contributed by atoms with Crippen molar-refractivity contribution in [1.82, 2.24) is 9.88 Å². The number of aromatic nitrogens is 1. The van der Waals surface area contributed by atoms with E-state index in [9.17, 15) is 13.2 Å². The van der Waals surface area contributed by atoms with E-state index < -0.39 is 10.0 Å². The summed E-state index contributed by atoms with van der Waals surface area (Å²) in [4.78, 5) is 12.0. The van der Waals surface area contributed by atoms with E-state index in [2.05, 4.69) is 5.32 Å². The minimum Gasteiger partial charge on any atom is -0.350 e. The second-order valence-electron chi connectivity index (χ2n) is 5.15. The Labute approximate surface area is 130 Å². The van der Waals surface area contributed by atoms with Gasteiger partial charge in [0.05, 0.1) is 5.75 Å². The molecule has 0 saturated carbocycles. The van der Waals surface area contributed by atoms with Crippen LogP contribution in [-0.4, -0.2) is 18.9 Å². The molecule has 0 fully saturated rings. The summed E-state index contributed by atoms with van der Waals surface area (Å²) in [6, 6.07) is 10.4. The van der Waals surface area contributed by atoms with E-state index in [4.69, 9.17) is 5.14 Å². The largest absolute Gasteiger partial charge is 0.350 e. The highest BCUT2D eigenvalue weighted by atomic mass is 32.2. The van der Waals surface area contributed by atoms with Crippen LogP contribution in [0.4, 0.5) is 0 Å². The van der Waals surface area contributed by atoms with Gasteiger partial charge in [0.1, 0.15) is 6.04 Å². The number of amides is 1. The van der Waals surface area contributed by atoms with E-state index in [0.717, 1.165) is 5.56 Å². The SMILES string of the molecule is C[C@H](C(=O)NCc1ccc(CS(N)(=O)=O)cc1)n1cccc1. The van der Waals surface area contributed by atoms with Gasteiger partial charge in [-0.3, -0.25) is 4.79 Å². The molecule has 6 nitrogen and oxygen atoms in total. The van der Waals surface area contributed by atoms with E-state index in [1.807, 2.05) is 36.0 Å². The molecule has 7 heteroatoms. The average molecular weight is 321 g/mol. The third kappa shape index (κ3) is 4.71. The normalized spacial score (nSPS) is 12.8. The molecule has 0 radical (unpaired) electrons. The fourth-order valence-electron chi connectivity index (χ4n) is 2.06. The van der Waals surface area contributed by atoms with Gasteiger partial charge in [-0.25, -0.2) is 13.6 Å². The predicted molar refractivity (Wildman–Crippen MR) is 84.2 cm³/mol. The summed E-state index contributed by atoms with van der Waals surface area (Å²) in [7, 11) is -3.52. The molecule has 0 unspecified atom stereocenters. The molecule has 1 aromatic carbocycles. The van der Waals surface area contributed by atoms with Crippen molar-refractivity contribution in [3.8, 4) is 0 Å². The molecule has 1 aromatic heterocycles. The van der Waals surface area contributed by atoms with Crippen molar-refractivity contribution >= 4 is 15.9 Å². The van der Waals surface area contributed by atoms with Gasteiger partial charge in [0, 0.05) is 18.9 Å². The molecule has 0 spiro atoms. The number of nitrogens with zero attached hydrogens (tertiary/aromatic N) is 1. The summed E-state index contributed by atoms with van der Waals surface area (Å²) in [6.45, 7) is 2.21. The van der Waals surface area contributed by atoms with Gasteiger partial charge in [-0.1, -0.05) is 24.3 Å². The van der Waals surface area contributed by atoms with E-state index in [1.165, 1.54) is 0 Å². The zero-order valence-electron chi connectivity index (χ0n) is 12.3. The van der Waals surface area contributed by atoms with Crippen LogP contribution in [0.1, 0.15) is 24.1 Å². The fraction of sp³-hybridized carbons (Fsp3) is 0.267. The smallest absolute Gasteiger partial charge is 0.243 e. The van der Waals surface area contributed by atoms with Crippen molar-refractivity contribution in [3.05, 3.63) is 59.9 Å². The lowest BCUT2D eigenvalue weighted by molar-refractivity contribution is -0.124. The molecular weight excluding hydrogens is 302 g/mol. The molecule has 118 valence electrons. The van der Waals surface area contributed by atoms with Crippen LogP contribution in [0.15, 0.2) is 48.8 Å². The summed E-state index contributed by atoms with van der Waals surface area (Å²) in [5.74, 6) is -0.269. The van der Waals surface area contributed by atoms with Crippen LogP contribution in [0, 0.1) is 0 Å². The van der Waals surface area contributed by atoms with Gasteiger partial charge in [-0.2, -0.15) is 0 Å². The Kier molecular flexibility index (Phi) is 4.99. The average Bonchev–Trinajstić information content (AvgIpc) is 2.98. The van der Waals surface area contributed by atoms with Gasteiger partial charge >= 0.3 is 0 Å². The molecule has 0 saturated heterocycles. The third-order valence-corrected chi connectivity index (χ3v) is 4.05. The number of carbonyl (C=O) groups is 1. The maximum absolute atomic E-state index is 12.0. The van der Waals surface area contributed by atoms with E-state index in [1.54, 1.807) is 24.3 Å². The first-order valence-corrected chi connectivity index (χ1v) is 8.55. The first-order valence-electron chi connectivity index (χ1n) is 6.83. The molecule has 3 N–H and O–H groups in total. The van der Waals surface area contributed by atoms with Crippen molar-refractivity contribution in [2.45, 2.75) is 25.3 Å². The molecule has 0 bridgehead atoms. The first kappa shape index (κ1) is 16.3. The van der Waals surface area contributed by atoms with Crippen LogP contribution in [-0.2, 0) is 27.1 Å². The van der Waals surface area contributed by atoms with Crippen LogP contribution in [0.3, 0.4) is 0 Å². The van der Waals surface area contributed by atoms with Crippen molar-refractivity contribution in [2.24, 2.45) is 5.14 Å². The van der Waals surface area contributed by atoms with Crippen molar-refractivity contribution in [2.75, 3.05) is 0 Å². The van der Waals surface area contributed by atoms with Crippen molar-refractivity contribution in [1.29, 1.82) is 0 Å². The van der Waals surface area contributed by atoms with Crippen molar-refractivity contribution in [3.63, 3.8) is 0 Å². The summed E-state index contributed by atoms with van der Waals surface area (Å²) >= 11 is 0. The lowest BCUT2D eigenvalue weighted by atomic mass is 10.1. The van der Waals surface area contributed by atoms with Gasteiger partial charge in [0.15, 0.2) is 0 Å². The second kappa shape index (κ2) is 6.76. The summed E-state index contributed by atoms with van der Waals surface area (Å²) < 4.78 is 23.8. The van der Waals surface area contributed by atoms with Crippen LogP contribution in [0.2, 0.25) is 0 Å². The molecule has 0 aliphatic heterocycles. The standard InChI is InChI=1S/C15H19N3O3S/c1-12(18-8-2-3-9-18)15(19)17-10-13-4-6-14(7-5-13)11-22(16,20)21/h2-9,12H,10-11H2,1H3,(H,17,19)(H2,16,20,21)/t12-/m1/s1. The quantitative estimate of drug-likeness (QED) is 0.835. The maximum Gasteiger partial charge on any atom is 0.243 e. The summed E-state index contributed by atoms with van der Waals surface area (Å²) in [6.07, 6.45) is 3.68. The minimum absolute atomic E-state index is 0.0789. The van der Waals surface area contributed by atoms with Gasteiger partial charge < -0.3 is 9.88 Å². The highest BCUT2D eigenvalue weighted by Crippen LogP contribution is 2.09. The van der Waals surface area contributed by atoms with E-state index >= 15 is 0 Å². The molecule has 1 heterocycles. The topological polar surface area (TPSA) is 94.2 Å². The Morgan fingerprint density at radius 1 is 1.18 bits per heavy atom. The van der Waals surface area contributed by atoms with Crippen LogP contribution < -0.4 is 10.5 Å². The Morgan fingerprint density at radius 3 is 2.27 bits per heavy atom. The lowest BCUT2D eigenvalue weighted by Crippen LogP contribution is -2.30. The molecule has 0 aliphatic carbocycles. The van der Waals surface area contributed by atoms with Gasteiger partial charge in [0.2, 0.25) is 15.9 Å². The molecule has 2 aromatic rings. The summed E-state index contributed by atoms with van der Waals surface area (Å²) in [5, 5.41) is 7.85. The third-order valence-electron chi connectivity index (χ3n) is 3.31. The van der Waals surface area contributed by atoms with Gasteiger partial charge in [0.25, 0.3) is 0 Å². The fourth-order valence-corrected chi connectivity index (χ4v) is 2.72. The lowest BCUT2D eigenvalue weighted by Gasteiger charge is -2.14. The number of rotatable bonds is 6. The van der Waals surface area contributed by atoms with Gasteiger partial charge in [-0.15, -0.1) is 0 Å². The van der Waals surface area contributed by atoms with Crippen LogP contribution >= 0.6 is 0 Å². The predicted octanol–water partition coefficient (Wildman–Crippen LogP) is 1.15. The molecule has 1 amide bonds. The highest BCUT2D eigenvalue weighted by molar-refractivity contribution is 7.88. The molecule has 22 heavy (non-hydrogen) atoms. The highest BCUT2D eigenvalue weighted by Gasteiger charge is 2.13. The zero-order valence-corrected chi connectivity index (χ0v) is 13.1. The second-order valence-corrected chi connectivity index (χ2v) is 6.76. The Hall–Kier alpha value is -2.12.